The van der Waals surface area contributed by atoms with Gasteiger partial charge < -0.3 is 4.42 Å². The highest BCUT2D eigenvalue weighted by Crippen LogP contribution is 2.25. The molecule has 5 heteroatoms. The zero-order valence-electron chi connectivity index (χ0n) is 9.54. The first-order valence-electron chi connectivity index (χ1n) is 5.16. The molecule has 0 saturated carbocycles. The van der Waals surface area contributed by atoms with E-state index in [1.807, 2.05) is 31.2 Å². The summed E-state index contributed by atoms with van der Waals surface area (Å²) >= 11 is 1.26. The average molecular weight is 245 g/mol. The van der Waals surface area contributed by atoms with Crippen molar-refractivity contribution in [2.24, 2.45) is 0 Å². The van der Waals surface area contributed by atoms with Crippen LogP contribution in [0.15, 0.2) is 33.9 Å². The average Bonchev–Trinajstić information content (AvgIpc) is 2.78. The van der Waals surface area contributed by atoms with E-state index in [2.05, 4.69) is 16.3 Å². The van der Waals surface area contributed by atoms with Crippen molar-refractivity contribution in [2.45, 2.75) is 24.3 Å². The van der Waals surface area contributed by atoms with E-state index in [0.29, 0.717) is 11.1 Å². The van der Waals surface area contributed by atoms with Crippen LogP contribution in [0.25, 0.3) is 11.5 Å². The lowest BCUT2D eigenvalue weighted by atomic mass is 10.1. The number of benzene rings is 1. The van der Waals surface area contributed by atoms with E-state index >= 15 is 0 Å². The molecule has 0 N–H and O–H groups in total. The number of aromatic nitrogens is 2. The van der Waals surface area contributed by atoms with Crippen LogP contribution in [0.4, 0.5) is 0 Å². The van der Waals surface area contributed by atoms with Gasteiger partial charge >= 0.3 is 0 Å². The molecule has 4 nitrogen and oxygen atoms in total. The third-order valence-electron chi connectivity index (χ3n) is 2.16. The van der Waals surface area contributed by atoms with Gasteiger partial charge in [0.1, 0.15) is 0 Å². The summed E-state index contributed by atoms with van der Waals surface area (Å²) in [6.07, 6.45) is 0. The van der Waals surface area contributed by atoms with Crippen molar-refractivity contribution in [3.8, 4) is 17.5 Å². The monoisotopic (exact) mass is 245 g/mol. The molecule has 0 aliphatic rings. The van der Waals surface area contributed by atoms with Gasteiger partial charge in [-0.05, 0) is 37.7 Å². The van der Waals surface area contributed by atoms with Crippen molar-refractivity contribution in [1.82, 2.24) is 10.2 Å². The Balaban J connectivity index is 2.18. The molecule has 0 bridgehead atoms. The fourth-order valence-corrected chi connectivity index (χ4v) is 1.82. The van der Waals surface area contributed by atoms with E-state index in [1.54, 1.807) is 6.92 Å². The Labute approximate surface area is 104 Å². The van der Waals surface area contributed by atoms with Crippen molar-refractivity contribution >= 4 is 11.8 Å². The highest BCUT2D eigenvalue weighted by atomic mass is 32.2. The van der Waals surface area contributed by atoms with Crippen LogP contribution < -0.4 is 0 Å². The SMILES string of the molecule is Cc1ccc(-c2nnc(S[C@H](C)C#N)o2)cc1. The zero-order chi connectivity index (χ0) is 12.3. The summed E-state index contributed by atoms with van der Waals surface area (Å²) in [6, 6.07) is 9.96. The first-order valence-corrected chi connectivity index (χ1v) is 6.04. The van der Waals surface area contributed by atoms with Gasteiger partial charge in [0.25, 0.3) is 5.22 Å². The van der Waals surface area contributed by atoms with Crippen LogP contribution in [0.2, 0.25) is 0 Å². The largest absolute Gasteiger partial charge is 0.411 e. The molecular weight excluding hydrogens is 234 g/mol. The van der Waals surface area contributed by atoms with Crippen LogP contribution in [0, 0.1) is 18.3 Å². The van der Waals surface area contributed by atoms with Gasteiger partial charge in [-0.25, -0.2) is 0 Å². The van der Waals surface area contributed by atoms with E-state index < -0.39 is 0 Å². The molecule has 1 heterocycles. The molecule has 0 saturated heterocycles. The lowest BCUT2D eigenvalue weighted by molar-refractivity contribution is 0.465. The fourth-order valence-electron chi connectivity index (χ4n) is 1.25. The lowest BCUT2D eigenvalue weighted by Crippen LogP contribution is -1.88. The highest BCUT2D eigenvalue weighted by molar-refractivity contribution is 7.99. The number of nitriles is 1. The van der Waals surface area contributed by atoms with Gasteiger partial charge in [-0.1, -0.05) is 17.7 Å². The zero-order valence-corrected chi connectivity index (χ0v) is 10.4. The second-order valence-electron chi connectivity index (χ2n) is 3.63. The molecule has 2 rings (SSSR count). The smallest absolute Gasteiger partial charge is 0.278 e. The minimum absolute atomic E-state index is 0.193. The maximum atomic E-state index is 8.69. The standard InChI is InChI=1S/C12H11N3OS/c1-8-3-5-10(6-4-8)11-14-15-12(16-11)17-9(2)7-13/h3-6,9H,1-2H3/t9-/m1/s1. The molecule has 0 amide bonds. The van der Waals surface area contributed by atoms with Gasteiger partial charge in [0.2, 0.25) is 5.89 Å². The van der Waals surface area contributed by atoms with Gasteiger partial charge in [0.15, 0.2) is 0 Å². The quantitative estimate of drug-likeness (QED) is 0.778. The first kappa shape index (κ1) is 11.7. The number of aryl methyl sites for hydroxylation is 1. The van der Waals surface area contributed by atoms with Crippen LogP contribution in [0.5, 0.6) is 0 Å². The second kappa shape index (κ2) is 5.02. The van der Waals surface area contributed by atoms with E-state index in [4.69, 9.17) is 9.68 Å². The third-order valence-corrected chi connectivity index (χ3v) is 2.99. The lowest BCUT2D eigenvalue weighted by Gasteiger charge is -1.96. The topological polar surface area (TPSA) is 62.7 Å². The Morgan fingerprint density at radius 1 is 1.29 bits per heavy atom. The van der Waals surface area contributed by atoms with E-state index in [-0.39, 0.29) is 5.25 Å². The molecule has 0 aliphatic heterocycles. The normalized spacial score (nSPS) is 12.1. The van der Waals surface area contributed by atoms with Gasteiger partial charge in [0, 0.05) is 5.56 Å². The molecule has 0 radical (unpaired) electrons. The van der Waals surface area contributed by atoms with Crippen LogP contribution in [0.3, 0.4) is 0 Å². The third kappa shape index (κ3) is 2.86. The predicted octanol–water partition coefficient (Wildman–Crippen LogP) is 3.05. The fraction of sp³-hybridized carbons (Fsp3) is 0.250. The van der Waals surface area contributed by atoms with Crippen molar-refractivity contribution in [2.75, 3.05) is 0 Å². The molecule has 0 unspecified atom stereocenters. The Kier molecular flexibility index (Phi) is 3.45. The maximum absolute atomic E-state index is 8.69. The van der Waals surface area contributed by atoms with Crippen molar-refractivity contribution in [3.05, 3.63) is 29.8 Å². The van der Waals surface area contributed by atoms with E-state index in [9.17, 15) is 0 Å². The molecule has 1 aromatic heterocycles. The summed E-state index contributed by atoms with van der Waals surface area (Å²) < 4.78 is 5.47. The second-order valence-corrected chi connectivity index (χ2v) is 4.92. The molecule has 86 valence electrons. The molecule has 2 aromatic rings. The van der Waals surface area contributed by atoms with Crippen molar-refractivity contribution < 1.29 is 4.42 Å². The number of thioether (sulfide) groups is 1. The number of hydrogen-bond acceptors (Lipinski definition) is 5. The molecule has 1 aromatic carbocycles. The van der Waals surface area contributed by atoms with Crippen LogP contribution >= 0.6 is 11.8 Å². The van der Waals surface area contributed by atoms with Gasteiger partial charge in [-0.3, -0.25) is 0 Å². The Morgan fingerprint density at radius 2 is 2.00 bits per heavy atom. The maximum Gasteiger partial charge on any atom is 0.278 e. The van der Waals surface area contributed by atoms with Crippen LogP contribution in [-0.2, 0) is 0 Å². The van der Waals surface area contributed by atoms with Gasteiger partial charge in [-0.15, -0.1) is 10.2 Å². The number of hydrogen-bond donors (Lipinski definition) is 0. The molecule has 0 fully saturated rings. The molecular formula is C12H11N3OS. The van der Waals surface area contributed by atoms with Crippen LogP contribution in [-0.4, -0.2) is 15.4 Å². The van der Waals surface area contributed by atoms with Gasteiger partial charge in [-0.2, -0.15) is 5.26 Å². The van der Waals surface area contributed by atoms with Gasteiger partial charge in [0.05, 0.1) is 11.3 Å². The Morgan fingerprint density at radius 3 is 2.65 bits per heavy atom. The Hall–Kier alpha value is -1.80. The predicted molar refractivity (Wildman–Crippen MR) is 65.4 cm³/mol. The number of rotatable bonds is 3. The highest BCUT2D eigenvalue weighted by Gasteiger charge is 2.11. The molecule has 0 aliphatic carbocycles. The van der Waals surface area contributed by atoms with Crippen molar-refractivity contribution in [1.29, 1.82) is 5.26 Å². The molecule has 17 heavy (non-hydrogen) atoms. The summed E-state index contributed by atoms with van der Waals surface area (Å²) in [4.78, 5) is 0. The minimum atomic E-state index is -0.193. The first-order chi connectivity index (χ1) is 8.19. The van der Waals surface area contributed by atoms with E-state index in [1.165, 1.54) is 17.3 Å². The summed E-state index contributed by atoms with van der Waals surface area (Å²) in [5.74, 6) is 0.484. The molecule has 1 atom stereocenters. The van der Waals surface area contributed by atoms with E-state index in [0.717, 1.165) is 5.56 Å². The summed E-state index contributed by atoms with van der Waals surface area (Å²) in [7, 11) is 0. The summed E-state index contributed by atoms with van der Waals surface area (Å²) in [5, 5.41) is 16.8. The molecule has 0 spiro atoms. The summed E-state index contributed by atoms with van der Waals surface area (Å²) in [5.41, 5.74) is 2.07. The van der Waals surface area contributed by atoms with Crippen molar-refractivity contribution in [3.63, 3.8) is 0 Å². The Bertz CT molecular complexity index is 542. The minimum Gasteiger partial charge on any atom is -0.411 e. The number of nitrogens with zero attached hydrogens (tertiary/aromatic N) is 3. The van der Waals surface area contributed by atoms with Crippen LogP contribution in [0.1, 0.15) is 12.5 Å². The summed E-state index contributed by atoms with van der Waals surface area (Å²) in [6.45, 7) is 3.81.